The van der Waals surface area contributed by atoms with Crippen LogP contribution >= 0.6 is 0 Å². The Bertz CT molecular complexity index is 882. The maximum Gasteiger partial charge on any atom is 0.241 e. The van der Waals surface area contributed by atoms with Gasteiger partial charge in [0.1, 0.15) is 5.60 Å². The van der Waals surface area contributed by atoms with Crippen molar-refractivity contribution in [3.05, 3.63) is 47.9 Å². The third-order valence-electron chi connectivity index (χ3n) is 5.33. The van der Waals surface area contributed by atoms with Gasteiger partial charge in [-0.15, -0.1) is 0 Å². The van der Waals surface area contributed by atoms with Gasteiger partial charge in [-0.1, -0.05) is 5.16 Å². The maximum absolute atomic E-state index is 6.20. The van der Waals surface area contributed by atoms with E-state index in [1.807, 2.05) is 18.3 Å². The summed E-state index contributed by atoms with van der Waals surface area (Å²) in [4.78, 5) is 10.9. The van der Waals surface area contributed by atoms with E-state index in [4.69, 9.17) is 9.26 Å². The van der Waals surface area contributed by atoms with Gasteiger partial charge in [-0.3, -0.25) is 15.0 Å². The number of aromatic nitrogens is 5. The second-order valence-electron chi connectivity index (χ2n) is 6.89. The number of hydrogen-bond acceptors (Lipinski definition) is 7. The molecule has 0 aliphatic carbocycles. The van der Waals surface area contributed by atoms with Crippen molar-refractivity contribution in [2.24, 2.45) is 0 Å². The van der Waals surface area contributed by atoms with Gasteiger partial charge in [0.25, 0.3) is 0 Å². The van der Waals surface area contributed by atoms with Crippen LogP contribution in [0.15, 0.2) is 35.2 Å². The van der Waals surface area contributed by atoms with Crippen LogP contribution in [0, 0.1) is 0 Å². The minimum atomic E-state index is -0.212. The van der Waals surface area contributed by atoms with Gasteiger partial charge in [0, 0.05) is 31.0 Å². The van der Waals surface area contributed by atoms with Crippen molar-refractivity contribution in [2.45, 2.75) is 31.4 Å². The Hall–Kier alpha value is -2.58. The molecule has 3 aromatic rings. The van der Waals surface area contributed by atoms with Crippen LogP contribution in [0.2, 0.25) is 0 Å². The zero-order valence-electron chi connectivity index (χ0n) is 14.4. The number of aromatic amines is 1. The lowest BCUT2D eigenvalue weighted by Crippen LogP contribution is -2.46. The largest absolute Gasteiger partial charge is 0.368 e. The average molecular weight is 352 g/mol. The summed E-state index contributed by atoms with van der Waals surface area (Å²) in [6.45, 7) is 3.26. The van der Waals surface area contributed by atoms with Gasteiger partial charge in [-0.2, -0.15) is 10.1 Å². The summed E-state index contributed by atoms with van der Waals surface area (Å²) in [5.41, 5.74) is 3.11. The standard InChI is InChI=1S/C18H20N6O2/c1-2-14(10-19-6-1)17-21-15(26-23-17)12-24-7-4-18(5-8-24)16-13(3-9-25-18)11-20-22-16/h1-2,6,10-11H,3-5,7-9,12H2,(H,20,22). The van der Waals surface area contributed by atoms with Crippen molar-refractivity contribution in [2.75, 3.05) is 19.7 Å². The Morgan fingerprint density at radius 1 is 1.23 bits per heavy atom. The first-order chi connectivity index (χ1) is 12.8. The van der Waals surface area contributed by atoms with E-state index in [1.54, 1.807) is 12.4 Å². The van der Waals surface area contributed by atoms with Crippen molar-refractivity contribution in [1.82, 2.24) is 30.2 Å². The lowest BCUT2D eigenvalue weighted by atomic mass is 9.84. The summed E-state index contributed by atoms with van der Waals surface area (Å²) in [6.07, 6.45) is 8.21. The molecule has 134 valence electrons. The van der Waals surface area contributed by atoms with E-state index in [9.17, 15) is 0 Å². The van der Waals surface area contributed by atoms with Crippen molar-refractivity contribution in [1.29, 1.82) is 0 Å². The first-order valence-electron chi connectivity index (χ1n) is 8.94. The van der Waals surface area contributed by atoms with Crippen LogP contribution in [0.25, 0.3) is 11.4 Å². The normalized spacial score (nSPS) is 19.5. The van der Waals surface area contributed by atoms with Gasteiger partial charge in [0.15, 0.2) is 0 Å². The molecule has 2 aliphatic rings. The molecule has 1 fully saturated rings. The molecule has 5 rings (SSSR count). The Morgan fingerprint density at radius 3 is 3.00 bits per heavy atom. The lowest BCUT2D eigenvalue weighted by Gasteiger charge is -2.43. The Labute approximate surface area is 150 Å². The molecular formula is C18H20N6O2. The van der Waals surface area contributed by atoms with Crippen LogP contribution < -0.4 is 0 Å². The molecule has 0 radical (unpaired) electrons. The molecule has 3 aromatic heterocycles. The molecule has 0 unspecified atom stereocenters. The number of piperidine rings is 1. The van der Waals surface area contributed by atoms with Gasteiger partial charge in [0.05, 0.1) is 25.0 Å². The molecule has 0 saturated carbocycles. The van der Waals surface area contributed by atoms with Crippen LogP contribution in [-0.2, 0) is 23.3 Å². The van der Waals surface area contributed by atoms with E-state index in [1.165, 1.54) is 11.3 Å². The molecule has 1 N–H and O–H groups in total. The van der Waals surface area contributed by atoms with Crippen LogP contribution in [0.5, 0.6) is 0 Å². The summed E-state index contributed by atoms with van der Waals surface area (Å²) in [7, 11) is 0. The third-order valence-corrected chi connectivity index (χ3v) is 5.33. The number of ether oxygens (including phenoxy) is 1. The summed E-state index contributed by atoms with van der Waals surface area (Å²) >= 11 is 0. The number of H-pyrrole nitrogens is 1. The van der Waals surface area contributed by atoms with E-state index in [0.29, 0.717) is 18.3 Å². The zero-order chi connectivity index (χ0) is 17.4. The first-order valence-corrected chi connectivity index (χ1v) is 8.94. The maximum atomic E-state index is 6.20. The third kappa shape index (κ3) is 2.71. The second kappa shape index (κ2) is 6.30. The Morgan fingerprint density at radius 2 is 2.15 bits per heavy atom. The van der Waals surface area contributed by atoms with Crippen LogP contribution in [0.1, 0.15) is 30.0 Å². The van der Waals surface area contributed by atoms with Crippen LogP contribution in [0.4, 0.5) is 0 Å². The molecule has 1 spiro atoms. The van der Waals surface area contributed by atoms with Crippen molar-refractivity contribution in [3.63, 3.8) is 0 Å². The molecule has 1 saturated heterocycles. The highest BCUT2D eigenvalue weighted by molar-refractivity contribution is 5.51. The van der Waals surface area contributed by atoms with E-state index < -0.39 is 0 Å². The van der Waals surface area contributed by atoms with Crippen molar-refractivity contribution < 1.29 is 9.26 Å². The minimum absolute atomic E-state index is 0.212. The SMILES string of the molecule is c1cncc(-c2noc(CN3CCC4(CC3)OCCc3cn[nH]c34)n2)c1. The second-order valence-corrected chi connectivity index (χ2v) is 6.89. The smallest absolute Gasteiger partial charge is 0.241 e. The number of pyridine rings is 1. The average Bonchev–Trinajstić information content (AvgIpc) is 3.35. The highest BCUT2D eigenvalue weighted by Crippen LogP contribution is 2.40. The van der Waals surface area contributed by atoms with E-state index in [2.05, 4.69) is 30.2 Å². The molecular weight excluding hydrogens is 332 g/mol. The Balaban J connectivity index is 1.26. The molecule has 5 heterocycles. The molecule has 0 aromatic carbocycles. The van der Waals surface area contributed by atoms with E-state index in [-0.39, 0.29) is 5.60 Å². The fourth-order valence-electron chi connectivity index (χ4n) is 3.91. The zero-order valence-corrected chi connectivity index (χ0v) is 14.4. The monoisotopic (exact) mass is 352 g/mol. The topological polar surface area (TPSA) is 93.0 Å². The van der Waals surface area contributed by atoms with Gasteiger partial charge in [-0.25, -0.2) is 0 Å². The summed E-state index contributed by atoms with van der Waals surface area (Å²) in [6, 6.07) is 3.79. The molecule has 2 aliphatic heterocycles. The predicted molar refractivity (Wildman–Crippen MR) is 92.0 cm³/mol. The molecule has 8 heteroatoms. The van der Waals surface area contributed by atoms with Gasteiger partial charge in [0.2, 0.25) is 11.7 Å². The quantitative estimate of drug-likeness (QED) is 0.770. The first kappa shape index (κ1) is 15.7. The van der Waals surface area contributed by atoms with Crippen molar-refractivity contribution in [3.8, 4) is 11.4 Å². The predicted octanol–water partition coefficient (Wildman–Crippen LogP) is 1.92. The fraction of sp³-hybridized carbons (Fsp3) is 0.444. The molecule has 0 atom stereocenters. The summed E-state index contributed by atoms with van der Waals surface area (Å²) in [5, 5.41) is 11.4. The van der Waals surface area contributed by atoms with Gasteiger partial charge < -0.3 is 9.26 Å². The highest BCUT2D eigenvalue weighted by Gasteiger charge is 2.42. The number of fused-ring (bicyclic) bond motifs is 2. The number of nitrogens with zero attached hydrogens (tertiary/aromatic N) is 5. The van der Waals surface area contributed by atoms with Gasteiger partial charge in [-0.05, 0) is 37.0 Å². The Kier molecular flexibility index (Phi) is 3.79. The molecule has 8 nitrogen and oxygen atoms in total. The minimum Gasteiger partial charge on any atom is -0.368 e. The van der Waals surface area contributed by atoms with E-state index in [0.717, 1.165) is 44.5 Å². The summed E-state index contributed by atoms with van der Waals surface area (Å²) < 4.78 is 11.6. The number of nitrogens with one attached hydrogen (secondary N) is 1. The molecule has 0 bridgehead atoms. The lowest BCUT2D eigenvalue weighted by molar-refractivity contribution is -0.102. The summed E-state index contributed by atoms with van der Waals surface area (Å²) in [5.74, 6) is 1.21. The van der Waals surface area contributed by atoms with Crippen molar-refractivity contribution >= 4 is 0 Å². The van der Waals surface area contributed by atoms with Crippen LogP contribution in [-0.4, -0.2) is 49.9 Å². The number of likely N-dealkylation sites (tertiary alicyclic amines) is 1. The van der Waals surface area contributed by atoms with Gasteiger partial charge >= 0.3 is 0 Å². The number of hydrogen-bond donors (Lipinski definition) is 1. The fourth-order valence-corrected chi connectivity index (χ4v) is 3.91. The molecule has 0 amide bonds. The van der Waals surface area contributed by atoms with Crippen LogP contribution in [0.3, 0.4) is 0 Å². The van der Waals surface area contributed by atoms with E-state index >= 15 is 0 Å². The number of rotatable bonds is 3. The highest BCUT2D eigenvalue weighted by atomic mass is 16.5. The molecule has 26 heavy (non-hydrogen) atoms.